The molecule has 1 aromatic carbocycles. The van der Waals surface area contributed by atoms with Crippen LogP contribution < -0.4 is 0 Å². The van der Waals surface area contributed by atoms with E-state index >= 15 is 0 Å². The number of benzene rings is 1. The number of rotatable bonds is 2. The zero-order valence-electron chi connectivity index (χ0n) is 9.51. The Balaban J connectivity index is 1.95. The maximum atomic E-state index is 5.58. The normalized spacial score (nSPS) is 10.6. The fourth-order valence-corrected chi connectivity index (χ4v) is 1.83. The Bertz CT molecular complexity index is 601. The molecule has 17 heavy (non-hydrogen) atoms. The van der Waals surface area contributed by atoms with Crippen LogP contribution in [0.1, 0.15) is 5.76 Å². The predicted octanol–water partition coefficient (Wildman–Crippen LogP) is 4.52. The molecule has 0 aliphatic heterocycles. The van der Waals surface area contributed by atoms with E-state index in [0.717, 1.165) is 28.4 Å². The monoisotopic (exact) mass is 224 g/mol. The van der Waals surface area contributed by atoms with E-state index in [4.69, 9.17) is 8.83 Å². The van der Waals surface area contributed by atoms with Gasteiger partial charge >= 0.3 is 0 Å². The van der Waals surface area contributed by atoms with Crippen LogP contribution in [-0.2, 0) is 0 Å². The van der Waals surface area contributed by atoms with Gasteiger partial charge in [-0.2, -0.15) is 0 Å². The zero-order chi connectivity index (χ0) is 11.7. The van der Waals surface area contributed by atoms with E-state index in [1.54, 1.807) is 6.26 Å². The number of hydrogen-bond acceptors (Lipinski definition) is 2. The minimum Gasteiger partial charge on any atom is -0.464 e. The molecule has 0 saturated heterocycles. The van der Waals surface area contributed by atoms with Crippen LogP contribution in [0.3, 0.4) is 0 Å². The number of hydrogen-bond donors (Lipinski definition) is 0. The molecule has 0 atom stereocenters. The van der Waals surface area contributed by atoms with Gasteiger partial charge in [0.1, 0.15) is 17.3 Å². The molecule has 0 spiro atoms. The molecule has 0 radical (unpaired) electrons. The lowest BCUT2D eigenvalue weighted by atomic mass is 10.1. The first-order valence-corrected chi connectivity index (χ1v) is 5.54. The fourth-order valence-electron chi connectivity index (χ4n) is 1.83. The summed E-state index contributed by atoms with van der Waals surface area (Å²) in [7, 11) is 0. The van der Waals surface area contributed by atoms with Gasteiger partial charge in [0.2, 0.25) is 0 Å². The van der Waals surface area contributed by atoms with Crippen molar-refractivity contribution in [2.75, 3.05) is 0 Å². The highest BCUT2D eigenvalue weighted by Crippen LogP contribution is 2.26. The Hall–Kier alpha value is -2.22. The Morgan fingerprint density at radius 3 is 2.00 bits per heavy atom. The maximum absolute atomic E-state index is 5.58. The number of aryl methyl sites for hydroxylation is 1. The second-order valence-electron chi connectivity index (χ2n) is 3.96. The second kappa shape index (κ2) is 3.98. The summed E-state index contributed by atoms with van der Waals surface area (Å²) in [4.78, 5) is 0. The molecule has 3 rings (SSSR count). The van der Waals surface area contributed by atoms with Crippen molar-refractivity contribution in [1.82, 2.24) is 0 Å². The third-order valence-corrected chi connectivity index (χ3v) is 2.72. The molecule has 3 aromatic rings. The third-order valence-electron chi connectivity index (χ3n) is 2.72. The largest absolute Gasteiger partial charge is 0.464 e. The molecule has 0 aliphatic rings. The SMILES string of the molecule is Cc1ccc(-c2ccc(-c3ccco3)cc2)o1. The van der Waals surface area contributed by atoms with Gasteiger partial charge in [-0.3, -0.25) is 0 Å². The van der Waals surface area contributed by atoms with Crippen LogP contribution in [0, 0.1) is 6.92 Å². The van der Waals surface area contributed by atoms with Gasteiger partial charge in [-0.05, 0) is 31.2 Å². The molecule has 0 N–H and O–H groups in total. The summed E-state index contributed by atoms with van der Waals surface area (Å²) in [5.41, 5.74) is 2.15. The standard InChI is InChI=1S/C15H12O2/c1-11-4-9-15(17-11)13-7-5-12(6-8-13)14-3-2-10-16-14/h2-10H,1H3. The summed E-state index contributed by atoms with van der Waals surface area (Å²) in [6, 6.07) is 15.9. The van der Waals surface area contributed by atoms with Crippen LogP contribution in [0.25, 0.3) is 22.6 Å². The lowest BCUT2D eigenvalue weighted by Gasteiger charge is -1.99. The van der Waals surface area contributed by atoms with Crippen LogP contribution >= 0.6 is 0 Å². The Kier molecular flexibility index (Phi) is 2.33. The maximum Gasteiger partial charge on any atom is 0.134 e. The summed E-state index contributed by atoms with van der Waals surface area (Å²) in [6.45, 7) is 1.95. The Morgan fingerprint density at radius 2 is 1.47 bits per heavy atom. The molecule has 0 amide bonds. The minimum absolute atomic E-state index is 0.882. The molecular formula is C15H12O2. The highest BCUT2D eigenvalue weighted by Gasteiger charge is 2.04. The van der Waals surface area contributed by atoms with Crippen LogP contribution in [0.15, 0.2) is 63.6 Å². The van der Waals surface area contributed by atoms with Crippen LogP contribution in [0.5, 0.6) is 0 Å². The van der Waals surface area contributed by atoms with Crippen molar-refractivity contribution in [2.24, 2.45) is 0 Å². The topological polar surface area (TPSA) is 26.3 Å². The van der Waals surface area contributed by atoms with Gasteiger partial charge in [-0.15, -0.1) is 0 Å². The summed E-state index contributed by atoms with van der Waals surface area (Å²) in [5.74, 6) is 2.70. The lowest BCUT2D eigenvalue weighted by Crippen LogP contribution is -1.76. The molecular weight excluding hydrogens is 212 g/mol. The Labute approximate surface area is 99.5 Å². The molecule has 2 aromatic heterocycles. The average Bonchev–Trinajstić information content (AvgIpc) is 3.00. The first kappa shape index (κ1) is 9.97. The summed E-state index contributed by atoms with van der Waals surface area (Å²) in [5, 5.41) is 0. The molecule has 0 aliphatic carbocycles. The zero-order valence-corrected chi connectivity index (χ0v) is 9.51. The van der Waals surface area contributed by atoms with Gasteiger partial charge in [-0.25, -0.2) is 0 Å². The Morgan fingerprint density at radius 1 is 0.765 bits per heavy atom. The van der Waals surface area contributed by atoms with Crippen LogP contribution in [-0.4, -0.2) is 0 Å². The van der Waals surface area contributed by atoms with E-state index < -0.39 is 0 Å². The fraction of sp³-hybridized carbons (Fsp3) is 0.0667. The molecule has 0 bridgehead atoms. The minimum atomic E-state index is 0.882. The highest BCUT2D eigenvalue weighted by molar-refractivity contribution is 5.65. The van der Waals surface area contributed by atoms with E-state index in [1.165, 1.54) is 0 Å². The van der Waals surface area contributed by atoms with Crippen LogP contribution in [0.2, 0.25) is 0 Å². The van der Waals surface area contributed by atoms with E-state index in [1.807, 2.05) is 55.5 Å². The van der Waals surface area contributed by atoms with Crippen molar-refractivity contribution < 1.29 is 8.83 Å². The van der Waals surface area contributed by atoms with Crippen molar-refractivity contribution in [3.63, 3.8) is 0 Å². The molecule has 2 heterocycles. The van der Waals surface area contributed by atoms with Gasteiger partial charge in [-0.1, -0.05) is 24.3 Å². The quantitative estimate of drug-likeness (QED) is 0.640. The van der Waals surface area contributed by atoms with Gasteiger partial charge in [0.25, 0.3) is 0 Å². The highest BCUT2D eigenvalue weighted by atomic mass is 16.3. The van der Waals surface area contributed by atoms with Crippen molar-refractivity contribution in [3.05, 3.63) is 60.6 Å². The molecule has 2 nitrogen and oxygen atoms in total. The van der Waals surface area contributed by atoms with Crippen LogP contribution in [0.4, 0.5) is 0 Å². The smallest absolute Gasteiger partial charge is 0.134 e. The van der Waals surface area contributed by atoms with Gasteiger partial charge in [0, 0.05) is 11.1 Å². The summed E-state index contributed by atoms with van der Waals surface area (Å²) >= 11 is 0. The summed E-state index contributed by atoms with van der Waals surface area (Å²) in [6.07, 6.45) is 1.68. The van der Waals surface area contributed by atoms with Crippen molar-refractivity contribution in [1.29, 1.82) is 0 Å². The van der Waals surface area contributed by atoms with E-state index in [-0.39, 0.29) is 0 Å². The van der Waals surface area contributed by atoms with Crippen molar-refractivity contribution in [3.8, 4) is 22.6 Å². The molecule has 0 fully saturated rings. The number of furan rings is 2. The molecule has 2 heteroatoms. The van der Waals surface area contributed by atoms with Gasteiger partial charge < -0.3 is 8.83 Å². The van der Waals surface area contributed by atoms with Crippen molar-refractivity contribution in [2.45, 2.75) is 6.92 Å². The van der Waals surface area contributed by atoms with E-state index in [0.29, 0.717) is 0 Å². The molecule has 0 saturated carbocycles. The predicted molar refractivity (Wildman–Crippen MR) is 66.6 cm³/mol. The average molecular weight is 224 g/mol. The summed E-state index contributed by atoms with van der Waals surface area (Å²) < 4.78 is 10.9. The molecule has 84 valence electrons. The third kappa shape index (κ3) is 1.89. The van der Waals surface area contributed by atoms with Crippen molar-refractivity contribution >= 4 is 0 Å². The van der Waals surface area contributed by atoms with E-state index in [2.05, 4.69) is 0 Å². The lowest BCUT2D eigenvalue weighted by molar-refractivity contribution is 0.548. The first-order chi connectivity index (χ1) is 8.33. The van der Waals surface area contributed by atoms with Gasteiger partial charge in [0.15, 0.2) is 0 Å². The van der Waals surface area contributed by atoms with E-state index in [9.17, 15) is 0 Å². The van der Waals surface area contributed by atoms with Gasteiger partial charge in [0.05, 0.1) is 6.26 Å². The second-order valence-corrected chi connectivity index (χ2v) is 3.96. The molecule has 0 unspecified atom stereocenters. The first-order valence-electron chi connectivity index (χ1n) is 5.54.